The van der Waals surface area contributed by atoms with Crippen LogP contribution in [0.2, 0.25) is 0 Å². The molecule has 0 aliphatic carbocycles. The average molecular weight is 216 g/mol. The van der Waals surface area contributed by atoms with Gasteiger partial charge in [-0.25, -0.2) is 4.98 Å². The van der Waals surface area contributed by atoms with Crippen molar-refractivity contribution in [3.8, 4) is 11.3 Å². The van der Waals surface area contributed by atoms with Crippen molar-refractivity contribution in [3.63, 3.8) is 0 Å². The van der Waals surface area contributed by atoms with Crippen molar-refractivity contribution in [2.24, 2.45) is 0 Å². The van der Waals surface area contributed by atoms with E-state index in [4.69, 9.17) is 5.73 Å². The largest absolute Gasteiger partial charge is 0.375 e. The zero-order valence-electron chi connectivity index (χ0n) is 7.77. The van der Waals surface area contributed by atoms with Crippen molar-refractivity contribution in [1.82, 2.24) is 15.2 Å². The van der Waals surface area contributed by atoms with Crippen LogP contribution >= 0.6 is 11.3 Å². The second kappa shape index (κ2) is 3.06. The van der Waals surface area contributed by atoms with Crippen molar-refractivity contribution >= 4 is 27.4 Å². The molecular weight excluding hydrogens is 208 g/mol. The molecule has 15 heavy (non-hydrogen) atoms. The Labute approximate surface area is 89.8 Å². The van der Waals surface area contributed by atoms with Crippen LogP contribution in [0.1, 0.15) is 0 Å². The normalized spacial score (nSPS) is 10.9. The molecule has 0 saturated carbocycles. The van der Waals surface area contributed by atoms with Crippen LogP contribution in [0.4, 0.5) is 5.13 Å². The molecule has 0 radical (unpaired) electrons. The fourth-order valence-electron chi connectivity index (χ4n) is 1.60. The van der Waals surface area contributed by atoms with Gasteiger partial charge in [0.1, 0.15) is 0 Å². The number of fused-ring (bicyclic) bond motifs is 1. The summed E-state index contributed by atoms with van der Waals surface area (Å²) in [6, 6.07) is 5.99. The van der Waals surface area contributed by atoms with Gasteiger partial charge in [-0.2, -0.15) is 5.10 Å². The number of aromatic amines is 1. The predicted molar refractivity (Wildman–Crippen MR) is 61.6 cm³/mol. The highest BCUT2D eigenvalue weighted by Crippen LogP contribution is 2.28. The number of nitrogen functional groups attached to an aromatic ring is 1. The Morgan fingerprint density at radius 3 is 3.07 bits per heavy atom. The first-order valence-corrected chi connectivity index (χ1v) is 5.36. The maximum absolute atomic E-state index is 5.62. The molecule has 4 nitrogen and oxygen atoms in total. The van der Waals surface area contributed by atoms with Gasteiger partial charge in [-0.15, -0.1) is 11.3 Å². The van der Waals surface area contributed by atoms with Crippen molar-refractivity contribution in [2.75, 3.05) is 5.73 Å². The number of hydrogen-bond donors (Lipinski definition) is 2. The topological polar surface area (TPSA) is 67.6 Å². The first-order valence-electron chi connectivity index (χ1n) is 4.48. The number of nitrogens with one attached hydrogen (secondary N) is 1. The third kappa shape index (κ3) is 1.28. The summed E-state index contributed by atoms with van der Waals surface area (Å²) in [5, 5.41) is 10.6. The van der Waals surface area contributed by atoms with Crippen LogP contribution < -0.4 is 5.73 Å². The summed E-state index contributed by atoms with van der Waals surface area (Å²) in [5.41, 5.74) is 8.60. The Kier molecular flexibility index (Phi) is 1.72. The second-order valence-electron chi connectivity index (χ2n) is 3.21. The lowest BCUT2D eigenvalue weighted by atomic mass is 10.1. The number of nitrogens with zero attached hydrogens (tertiary/aromatic N) is 2. The fourth-order valence-corrected chi connectivity index (χ4v) is 2.17. The number of anilines is 1. The molecule has 0 fully saturated rings. The Bertz CT molecular complexity index is 610. The van der Waals surface area contributed by atoms with Gasteiger partial charge < -0.3 is 5.73 Å². The lowest BCUT2D eigenvalue weighted by molar-refractivity contribution is 1.12. The van der Waals surface area contributed by atoms with Gasteiger partial charge in [-0.1, -0.05) is 12.1 Å². The van der Waals surface area contributed by atoms with Gasteiger partial charge in [0.2, 0.25) is 0 Å². The number of rotatable bonds is 1. The van der Waals surface area contributed by atoms with Crippen LogP contribution in [0.25, 0.3) is 22.2 Å². The molecule has 0 unspecified atom stereocenters. The first-order chi connectivity index (χ1) is 7.34. The number of benzene rings is 1. The maximum Gasteiger partial charge on any atom is 0.180 e. The Morgan fingerprint density at radius 2 is 2.27 bits per heavy atom. The van der Waals surface area contributed by atoms with Crippen LogP contribution in [-0.2, 0) is 0 Å². The summed E-state index contributed by atoms with van der Waals surface area (Å²) in [6.45, 7) is 0. The molecule has 3 N–H and O–H groups in total. The van der Waals surface area contributed by atoms with E-state index in [1.54, 1.807) is 6.20 Å². The molecule has 1 aromatic carbocycles. The van der Waals surface area contributed by atoms with E-state index in [0.29, 0.717) is 5.13 Å². The summed E-state index contributed by atoms with van der Waals surface area (Å²) in [4.78, 5) is 4.27. The fraction of sp³-hybridized carbons (Fsp3) is 0. The van der Waals surface area contributed by atoms with E-state index in [-0.39, 0.29) is 0 Å². The van der Waals surface area contributed by atoms with Crippen LogP contribution in [0.15, 0.2) is 29.8 Å². The van der Waals surface area contributed by atoms with E-state index < -0.39 is 0 Å². The smallest absolute Gasteiger partial charge is 0.180 e. The molecule has 0 atom stereocenters. The molecule has 2 aromatic heterocycles. The van der Waals surface area contributed by atoms with E-state index in [1.165, 1.54) is 11.3 Å². The number of H-pyrrole nitrogens is 1. The molecule has 0 amide bonds. The van der Waals surface area contributed by atoms with Crippen molar-refractivity contribution in [1.29, 1.82) is 0 Å². The van der Waals surface area contributed by atoms with Crippen molar-refractivity contribution in [2.45, 2.75) is 0 Å². The maximum atomic E-state index is 5.62. The Balaban J connectivity index is 2.30. The highest BCUT2D eigenvalue weighted by Gasteiger charge is 2.07. The lowest BCUT2D eigenvalue weighted by Gasteiger charge is -1.97. The zero-order chi connectivity index (χ0) is 10.3. The van der Waals surface area contributed by atoms with Crippen LogP contribution in [-0.4, -0.2) is 15.2 Å². The SMILES string of the molecule is Nc1nc(-c2cccc3[nH]ncc23)cs1. The molecule has 0 saturated heterocycles. The van der Waals surface area contributed by atoms with Gasteiger partial charge in [-0.3, -0.25) is 5.10 Å². The van der Waals surface area contributed by atoms with Gasteiger partial charge in [0, 0.05) is 16.3 Å². The van der Waals surface area contributed by atoms with E-state index in [9.17, 15) is 0 Å². The first kappa shape index (κ1) is 8.43. The number of aromatic nitrogens is 3. The lowest BCUT2D eigenvalue weighted by Crippen LogP contribution is -1.83. The summed E-state index contributed by atoms with van der Waals surface area (Å²) in [7, 11) is 0. The predicted octanol–water partition coefficient (Wildman–Crippen LogP) is 2.27. The van der Waals surface area contributed by atoms with Crippen molar-refractivity contribution < 1.29 is 0 Å². The molecule has 3 rings (SSSR count). The van der Waals surface area contributed by atoms with Gasteiger partial charge in [0.25, 0.3) is 0 Å². The third-order valence-corrected chi connectivity index (χ3v) is 2.96. The van der Waals surface area contributed by atoms with Gasteiger partial charge in [0.05, 0.1) is 17.4 Å². The average Bonchev–Trinajstić information content (AvgIpc) is 2.84. The van der Waals surface area contributed by atoms with E-state index in [2.05, 4.69) is 15.2 Å². The zero-order valence-corrected chi connectivity index (χ0v) is 8.58. The van der Waals surface area contributed by atoms with Gasteiger partial charge in [-0.05, 0) is 6.07 Å². The van der Waals surface area contributed by atoms with Gasteiger partial charge >= 0.3 is 0 Å². The second-order valence-corrected chi connectivity index (χ2v) is 4.10. The van der Waals surface area contributed by atoms with Crippen molar-refractivity contribution in [3.05, 3.63) is 29.8 Å². The summed E-state index contributed by atoms with van der Waals surface area (Å²) in [5.74, 6) is 0. The summed E-state index contributed by atoms with van der Waals surface area (Å²) < 4.78 is 0. The molecule has 5 heteroatoms. The summed E-state index contributed by atoms with van der Waals surface area (Å²) >= 11 is 1.45. The molecule has 0 aliphatic rings. The van der Waals surface area contributed by atoms with Crippen LogP contribution in [0.5, 0.6) is 0 Å². The van der Waals surface area contributed by atoms with Crippen LogP contribution in [0.3, 0.4) is 0 Å². The minimum Gasteiger partial charge on any atom is -0.375 e. The van der Waals surface area contributed by atoms with E-state index >= 15 is 0 Å². The minimum absolute atomic E-state index is 0.588. The van der Waals surface area contributed by atoms with E-state index in [0.717, 1.165) is 22.2 Å². The highest BCUT2D eigenvalue weighted by atomic mass is 32.1. The number of thiazole rings is 1. The van der Waals surface area contributed by atoms with Crippen LogP contribution in [0, 0.1) is 0 Å². The molecule has 3 aromatic rings. The molecule has 74 valence electrons. The third-order valence-electron chi connectivity index (χ3n) is 2.28. The molecule has 0 bridgehead atoms. The van der Waals surface area contributed by atoms with E-state index in [1.807, 2.05) is 23.6 Å². The Hall–Kier alpha value is -1.88. The Morgan fingerprint density at radius 1 is 1.33 bits per heavy atom. The molecule has 0 aliphatic heterocycles. The number of nitrogens with two attached hydrogens (primary N) is 1. The molecular formula is C10H8N4S. The highest BCUT2D eigenvalue weighted by molar-refractivity contribution is 7.13. The summed E-state index contributed by atoms with van der Waals surface area (Å²) in [6.07, 6.45) is 1.81. The monoisotopic (exact) mass is 216 g/mol. The van der Waals surface area contributed by atoms with Gasteiger partial charge in [0.15, 0.2) is 5.13 Å². The number of hydrogen-bond acceptors (Lipinski definition) is 4. The molecule has 0 spiro atoms. The molecule has 2 heterocycles. The minimum atomic E-state index is 0.588. The quantitative estimate of drug-likeness (QED) is 0.655. The standard InChI is InChI=1S/C10H8N4S/c11-10-13-9(5-15-10)6-2-1-3-8-7(6)4-12-14-8/h1-5H,(H2,11,13)(H,12,14).